The van der Waals surface area contributed by atoms with E-state index >= 15 is 0 Å². The van der Waals surface area contributed by atoms with E-state index in [9.17, 15) is 0 Å². The molecule has 1 aliphatic rings. The summed E-state index contributed by atoms with van der Waals surface area (Å²) < 4.78 is 17.9. The summed E-state index contributed by atoms with van der Waals surface area (Å²) in [5.74, 6) is 1.20. The van der Waals surface area contributed by atoms with Gasteiger partial charge in [-0.2, -0.15) is 0 Å². The van der Waals surface area contributed by atoms with E-state index in [1.165, 1.54) is 25.7 Å². The molecule has 1 aliphatic carbocycles. The summed E-state index contributed by atoms with van der Waals surface area (Å²) in [5, 5.41) is 8.96. The molecule has 0 aromatic heterocycles. The molecule has 1 fully saturated rings. The minimum absolute atomic E-state index is 0.0112. The predicted octanol–water partition coefficient (Wildman–Crippen LogP) is 3.80. The Balaban J connectivity index is 2.40. The van der Waals surface area contributed by atoms with E-state index in [0.29, 0.717) is 25.0 Å². The lowest BCUT2D eigenvalue weighted by molar-refractivity contribution is -0.152. The maximum absolute atomic E-state index is 8.96. The fraction of sp³-hybridized carbons (Fsp3) is 1.00. The van der Waals surface area contributed by atoms with E-state index in [1.54, 1.807) is 0 Å². The molecule has 4 heteroatoms. The van der Waals surface area contributed by atoms with E-state index < -0.39 is 0 Å². The van der Waals surface area contributed by atoms with Crippen LogP contribution >= 0.6 is 0 Å². The topological polar surface area (TPSA) is 47.9 Å². The Morgan fingerprint density at radius 3 is 1.87 bits per heavy atom. The summed E-state index contributed by atoms with van der Waals surface area (Å²) in [7, 11) is 0. The van der Waals surface area contributed by atoms with Crippen molar-refractivity contribution in [3.63, 3.8) is 0 Å². The second kappa shape index (κ2) is 9.97. The summed E-state index contributed by atoms with van der Waals surface area (Å²) >= 11 is 0. The van der Waals surface area contributed by atoms with Crippen molar-refractivity contribution < 1.29 is 19.3 Å². The van der Waals surface area contributed by atoms with Crippen molar-refractivity contribution in [3.8, 4) is 0 Å². The molecule has 23 heavy (non-hydrogen) atoms. The van der Waals surface area contributed by atoms with Crippen LogP contribution in [0.4, 0.5) is 0 Å². The average Bonchev–Trinajstić information content (AvgIpc) is 2.99. The fourth-order valence-electron chi connectivity index (χ4n) is 3.40. The van der Waals surface area contributed by atoms with Gasteiger partial charge >= 0.3 is 0 Å². The highest BCUT2D eigenvalue weighted by atomic mass is 16.6. The van der Waals surface area contributed by atoms with Crippen molar-refractivity contribution in [2.24, 2.45) is 11.8 Å². The van der Waals surface area contributed by atoms with E-state index in [-0.39, 0.29) is 30.5 Å². The molecule has 0 saturated heterocycles. The summed E-state index contributed by atoms with van der Waals surface area (Å²) in [5.41, 5.74) is 0.0298. The minimum atomic E-state index is -0.136. The van der Waals surface area contributed by atoms with Gasteiger partial charge < -0.3 is 19.3 Å². The quantitative estimate of drug-likeness (QED) is 0.626. The van der Waals surface area contributed by atoms with Gasteiger partial charge in [-0.1, -0.05) is 33.6 Å². The normalized spacial score (nSPS) is 23.0. The fourth-order valence-corrected chi connectivity index (χ4v) is 3.40. The standard InChI is InChI=1S/C19H38O4/c1-14(2)18(6)19(9-7-8-10-19)23-17(5)13-22-16(4)12-21-15(3)11-20/h14-18,20H,7-13H2,1-6H3. The van der Waals surface area contributed by atoms with Gasteiger partial charge in [-0.15, -0.1) is 0 Å². The monoisotopic (exact) mass is 330 g/mol. The van der Waals surface area contributed by atoms with Crippen LogP contribution in [0.3, 0.4) is 0 Å². The average molecular weight is 331 g/mol. The van der Waals surface area contributed by atoms with Gasteiger partial charge in [0.25, 0.3) is 0 Å². The third kappa shape index (κ3) is 6.69. The predicted molar refractivity (Wildman–Crippen MR) is 93.7 cm³/mol. The molecule has 0 amide bonds. The zero-order valence-electron chi connectivity index (χ0n) is 16.0. The second-order valence-electron chi connectivity index (χ2n) is 7.70. The molecule has 0 heterocycles. The Morgan fingerprint density at radius 2 is 1.35 bits per heavy atom. The molecule has 1 N–H and O–H groups in total. The van der Waals surface area contributed by atoms with Gasteiger partial charge in [-0.05, 0) is 45.4 Å². The van der Waals surface area contributed by atoms with Crippen LogP contribution in [0.5, 0.6) is 0 Å². The highest BCUT2D eigenvalue weighted by molar-refractivity contribution is 4.92. The number of hydrogen-bond donors (Lipinski definition) is 1. The maximum atomic E-state index is 8.96. The Labute approximate surface area is 142 Å². The van der Waals surface area contributed by atoms with Crippen molar-refractivity contribution in [3.05, 3.63) is 0 Å². The molecule has 4 atom stereocenters. The van der Waals surface area contributed by atoms with E-state index in [0.717, 1.165) is 0 Å². The molecule has 0 spiro atoms. The molecule has 0 radical (unpaired) electrons. The van der Waals surface area contributed by atoms with Gasteiger partial charge in [0.05, 0.1) is 43.7 Å². The zero-order chi connectivity index (χ0) is 17.5. The number of rotatable bonds is 11. The summed E-state index contributed by atoms with van der Waals surface area (Å²) in [6, 6.07) is 0. The van der Waals surface area contributed by atoms with Crippen molar-refractivity contribution in [1.29, 1.82) is 0 Å². The van der Waals surface area contributed by atoms with Gasteiger partial charge in [0.2, 0.25) is 0 Å². The maximum Gasteiger partial charge on any atom is 0.0788 e. The first-order chi connectivity index (χ1) is 10.8. The van der Waals surface area contributed by atoms with Crippen molar-refractivity contribution in [2.45, 2.75) is 91.1 Å². The lowest BCUT2D eigenvalue weighted by Crippen LogP contribution is -2.43. The molecule has 138 valence electrons. The van der Waals surface area contributed by atoms with Crippen molar-refractivity contribution in [2.75, 3.05) is 19.8 Å². The molecule has 1 saturated carbocycles. The lowest BCUT2D eigenvalue weighted by Gasteiger charge is -2.40. The Morgan fingerprint density at radius 1 is 0.826 bits per heavy atom. The smallest absolute Gasteiger partial charge is 0.0788 e. The molecular weight excluding hydrogens is 292 g/mol. The van der Waals surface area contributed by atoms with Crippen molar-refractivity contribution >= 4 is 0 Å². The first-order valence-corrected chi connectivity index (χ1v) is 9.32. The Hall–Kier alpha value is -0.160. The minimum Gasteiger partial charge on any atom is -0.394 e. The largest absolute Gasteiger partial charge is 0.394 e. The van der Waals surface area contributed by atoms with Gasteiger partial charge in [0.15, 0.2) is 0 Å². The Bertz CT molecular complexity index is 312. The van der Waals surface area contributed by atoms with Crippen LogP contribution in [-0.4, -0.2) is 48.8 Å². The molecule has 4 nitrogen and oxygen atoms in total. The highest BCUT2D eigenvalue weighted by Gasteiger charge is 2.42. The molecule has 0 aromatic rings. The number of hydrogen-bond acceptors (Lipinski definition) is 4. The SMILES string of the molecule is CC(CO)OCC(C)OCC(C)OC1(C(C)C(C)C)CCCC1. The first-order valence-electron chi connectivity index (χ1n) is 9.32. The third-order valence-electron chi connectivity index (χ3n) is 5.20. The van der Waals surface area contributed by atoms with Gasteiger partial charge in [-0.25, -0.2) is 0 Å². The highest BCUT2D eigenvalue weighted by Crippen LogP contribution is 2.43. The van der Waals surface area contributed by atoms with Gasteiger partial charge in [0, 0.05) is 0 Å². The van der Waals surface area contributed by atoms with E-state index in [2.05, 4.69) is 27.7 Å². The van der Waals surface area contributed by atoms with Gasteiger partial charge in [-0.3, -0.25) is 0 Å². The second-order valence-corrected chi connectivity index (χ2v) is 7.70. The summed E-state index contributed by atoms with van der Waals surface area (Å²) in [4.78, 5) is 0. The summed E-state index contributed by atoms with van der Waals surface area (Å²) in [6.45, 7) is 14.0. The number of aliphatic hydroxyl groups excluding tert-OH is 1. The summed E-state index contributed by atoms with van der Waals surface area (Å²) in [6.07, 6.45) is 4.85. The molecule has 0 bridgehead atoms. The van der Waals surface area contributed by atoms with E-state index in [4.69, 9.17) is 19.3 Å². The van der Waals surface area contributed by atoms with Crippen LogP contribution < -0.4 is 0 Å². The zero-order valence-corrected chi connectivity index (χ0v) is 16.0. The van der Waals surface area contributed by atoms with Crippen LogP contribution in [0.15, 0.2) is 0 Å². The number of aliphatic hydroxyl groups is 1. The molecule has 1 rings (SSSR count). The lowest BCUT2D eigenvalue weighted by atomic mass is 9.79. The molecule has 0 aromatic carbocycles. The number of ether oxygens (including phenoxy) is 3. The van der Waals surface area contributed by atoms with Crippen LogP contribution in [-0.2, 0) is 14.2 Å². The Kier molecular flexibility index (Phi) is 9.06. The van der Waals surface area contributed by atoms with Crippen LogP contribution in [0.2, 0.25) is 0 Å². The molecule has 0 aliphatic heterocycles. The van der Waals surface area contributed by atoms with Gasteiger partial charge in [0.1, 0.15) is 0 Å². The van der Waals surface area contributed by atoms with Crippen LogP contribution in [0, 0.1) is 11.8 Å². The van der Waals surface area contributed by atoms with Crippen LogP contribution in [0.1, 0.15) is 67.2 Å². The third-order valence-corrected chi connectivity index (χ3v) is 5.20. The molecular formula is C19H38O4. The van der Waals surface area contributed by atoms with Crippen LogP contribution in [0.25, 0.3) is 0 Å². The van der Waals surface area contributed by atoms with E-state index in [1.807, 2.05) is 13.8 Å². The van der Waals surface area contributed by atoms with Crippen molar-refractivity contribution in [1.82, 2.24) is 0 Å². The first kappa shape index (κ1) is 20.9. The molecule has 4 unspecified atom stereocenters.